The molecule has 0 saturated carbocycles. The maximum Gasteiger partial charge on any atom is 0.349 e. The summed E-state index contributed by atoms with van der Waals surface area (Å²) in [5.74, 6) is -1.27. The normalized spacial score (nSPS) is 10.1. The molecule has 0 heterocycles. The number of nitriles is 1. The second kappa shape index (κ2) is 10.8. The standard InChI is InChI=1S/C12H11NS.C6H7NO3/c13-10-6-8-12(9-7-10)14-11-4-2-1-3-5-11;1-2-10-4-5(3-7)6(8)9/h1-9H,13H2;4H,2H2,1H3,(H,8,9)/b;5-4-. The SMILES string of the molecule is CCO/C=C(/C#N)C(=O)O.Nc1ccc(Sc2ccccc2)cc1. The third kappa shape index (κ3) is 7.38. The fourth-order valence-corrected chi connectivity index (χ4v) is 2.29. The molecule has 0 unspecified atom stereocenters. The van der Waals surface area contributed by atoms with Gasteiger partial charge in [-0.1, -0.05) is 30.0 Å². The van der Waals surface area contributed by atoms with E-state index in [-0.39, 0.29) is 5.57 Å². The van der Waals surface area contributed by atoms with Crippen LogP contribution in [0.1, 0.15) is 6.92 Å². The topological polar surface area (TPSA) is 96.3 Å². The highest BCUT2D eigenvalue weighted by Gasteiger charge is 2.04. The molecule has 0 aromatic heterocycles. The van der Waals surface area contributed by atoms with Gasteiger partial charge in [0.05, 0.1) is 6.61 Å². The molecular weight excluding hydrogens is 324 g/mol. The molecule has 2 aromatic rings. The van der Waals surface area contributed by atoms with Crippen LogP contribution in [0.5, 0.6) is 0 Å². The first-order valence-electron chi connectivity index (χ1n) is 7.10. The van der Waals surface area contributed by atoms with Gasteiger partial charge in [-0.15, -0.1) is 0 Å². The van der Waals surface area contributed by atoms with Gasteiger partial charge in [0.25, 0.3) is 0 Å². The smallest absolute Gasteiger partial charge is 0.349 e. The fraction of sp³-hybridized carbons (Fsp3) is 0.111. The number of carboxylic acids is 1. The molecule has 0 aliphatic carbocycles. The third-order valence-corrected chi connectivity index (χ3v) is 3.59. The van der Waals surface area contributed by atoms with E-state index in [0.29, 0.717) is 6.61 Å². The zero-order chi connectivity index (χ0) is 17.8. The van der Waals surface area contributed by atoms with Crippen LogP contribution >= 0.6 is 11.8 Å². The fourth-order valence-electron chi connectivity index (χ4n) is 1.45. The molecule has 124 valence electrons. The van der Waals surface area contributed by atoms with Crippen LogP contribution in [-0.2, 0) is 9.53 Å². The van der Waals surface area contributed by atoms with Crippen molar-refractivity contribution in [3.05, 3.63) is 66.4 Å². The van der Waals surface area contributed by atoms with Gasteiger partial charge in [0, 0.05) is 15.5 Å². The summed E-state index contributed by atoms with van der Waals surface area (Å²) in [4.78, 5) is 12.5. The number of nitrogens with zero attached hydrogens (tertiary/aromatic N) is 1. The number of hydrogen-bond acceptors (Lipinski definition) is 5. The Bertz CT molecular complexity index is 707. The van der Waals surface area contributed by atoms with Gasteiger partial charge in [-0.05, 0) is 43.3 Å². The predicted molar refractivity (Wildman–Crippen MR) is 94.4 cm³/mol. The van der Waals surface area contributed by atoms with E-state index >= 15 is 0 Å². The maximum atomic E-state index is 10.1. The highest BCUT2D eigenvalue weighted by Crippen LogP contribution is 2.27. The largest absolute Gasteiger partial charge is 0.500 e. The van der Waals surface area contributed by atoms with E-state index in [4.69, 9.17) is 16.1 Å². The van der Waals surface area contributed by atoms with E-state index in [0.717, 1.165) is 11.9 Å². The summed E-state index contributed by atoms with van der Waals surface area (Å²) in [5, 5.41) is 16.4. The average molecular weight is 342 g/mol. The molecule has 0 aliphatic rings. The van der Waals surface area contributed by atoms with Crippen LogP contribution in [0.4, 0.5) is 5.69 Å². The minimum Gasteiger partial charge on any atom is -0.500 e. The summed E-state index contributed by atoms with van der Waals surface area (Å²) >= 11 is 1.74. The molecule has 2 aromatic carbocycles. The highest BCUT2D eigenvalue weighted by molar-refractivity contribution is 7.99. The van der Waals surface area contributed by atoms with Gasteiger partial charge < -0.3 is 15.6 Å². The van der Waals surface area contributed by atoms with Crippen molar-refractivity contribution >= 4 is 23.4 Å². The number of nitrogen functional groups attached to an aromatic ring is 1. The van der Waals surface area contributed by atoms with Gasteiger partial charge in [0.2, 0.25) is 0 Å². The Morgan fingerprint density at radius 3 is 2.29 bits per heavy atom. The van der Waals surface area contributed by atoms with E-state index in [2.05, 4.69) is 16.9 Å². The van der Waals surface area contributed by atoms with Gasteiger partial charge >= 0.3 is 5.97 Å². The van der Waals surface area contributed by atoms with Crippen molar-refractivity contribution in [1.29, 1.82) is 5.26 Å². The Morgan fingerprint density at radius 1 is 1.21 bits per heavy atom. The van der Waals surface area contributed by atoms with Gasteiger partial charge in [-0.25, -0.2) is 4.79 Å². The summed E-state index contributed by atoms with van der Waals surface area (Å²) in [7, 11) is 0. The van der Waals surface area contributed by atoms with E-state index in [9.17, 15) is 4.79 Å². The summed E-state index contributed by atoms with van der Waals surface area (Å²) in [5.41, 5.74) is 6.03. The first-order chi connectivity index (χ1) is 11.6. The van der Waals surface area contributed by atoms with Gasteiger partial charge in [0.15, 0.2) is 5.57 Å². The lowest BCUT2D eigenvalue weighted by atomic mass is 10.3. The van der Waals surface area contributed by atoms with Crippen molar-refractivity contribution in [2.45, 2.75) is 16.7 Å². The van der Waals surface area contributed by atoms with E-state index in [1.165, 1.54) is 15.9 Å². The van der Waals surface area contributed by atoms with Crippen molar-refractivity contribution in [3.63, 3.8) is 0 Å². The molecule has 0 atom stereocenters. The molecule has 0 radical (unpaired) electrons. The van der Waals surface area contributed by atoms with Crippen molar-refractivity contribution in [1.82, 2.24) is 0 Å². The van der Waals surface area contributed by atoms with Crippen LogP contribution in [0.25, 0.3) is 0 Å². The van der Waals surface area contributed by atoms with Gasteiger partial charge in [-0.2, -0.15) is 5.26 Å². The first-order valence-corrected chi connectivity index (χ1v) is 7.92. The number of anilines is 1. The molecule has 2 rings (SSSR count). The first kappa shape index (κ1) is 19.1. The molecule has 3 N–H and O–H groups in total. The van der Waals surface area contributed by atoms with Crippen molar-refractivity contribution in [2.75, 3.05) is 12.3 Å². The number of hydrogen-bond donors (Lipinski definition) is 2. The lowest BCUT2D eigenvalue weighted by Crippen LogP contribution is -1.98. The summed E-state index contributed by atoms with van der Waals surface area (Å²) in [6.45, 7) is 2.06. The number of rotatable bonds is 5. The van der Waals surface area contributed by atoms with Crippen molar-refractivity contribution in [3.8, 4) is 6.07 Å². The molecule has 0 saturated heterocycles. The average Bonchev–Trinajstić information content (AvgIpc) is 2.59. The number of carbonyl (C=O) groups is 1. The molecule has 0 spiro atoms. The maximum absolute atomic E-state index is 10.1. The minimum absolute atomic E-state index is 0.360. The zero-order valence-electron chi connectivity index (χ0n) is 13.2. The minimum atomic E-state index is -1.27. The Balaban J connectivity index is 0.000000257. The lowest BCUT2D eigenvalue weighted by molar-refractivity contribution is -0.132. The van der Waals surface area contributed by atoms with Crippen molar-refractivity contribution < 1.29 is 14.6 Å². The molecular formula is C18H18N2O3S. The second-order valence-electron chi connectivity index (χ2n) is 4.39. The Labute approximate surface area is 145 Å². The Morgan fingerprint density at radius 2 is 1.79 bits per heavy atom. The van der Waals surface area contributed by atoms with E-state index < -0.39 is 5.97 Å². The number of nitrogens with two attached hydrogens (primary N) is 1. The van der Waals surface area contributed by atoms with Crippen LogP contribution in [0.2, 0.25) is 0 Å². The molecule has 0 amide bonds. The second-order valence-corrected chi connectivity index (χ2v) is 5.53. The van der Waals surface area contributed by atoms with E-state index in [1.54, 1.807) is 18.7 Å². The summed E-state index contributed by atoms with van der Waals surface area (Å²) in [6, 6.07) is 19.7. The van der Waals surface area contributed by atoms with Crippen LogP contribution in [0.15, 0.2) is 76.2 Å². The van der Waals surface area contributed by atoms with Crippen molar-refractivity contribution in [2.24, 2.45) is 0 Å². The predicted octanol–water partition coefficient (Wildman–Crippen LogP) is 3.93. The number of carboxylic acid groups (broad SMARTS) is 1. The number of benzene rings is 2. The molecule has 0 fully saturated rings. The van der Waals surface area contributed by atoms with Crippen LogP contribution in [-0.4, -0.2) is 17.7 Å². The Kier molecular flexibility index (Phi) is 8.58. The highest BCUT2D eigenvalue weighted by atomic mass is 32.2. The quantitative estimate of drug-likeness (QED) is 0.370. The molecule has 24 heavy (non-hydrogen) atoms. The van der Waals surface area contributed by atoms with Gasteiger partial charge in [-0.3, -0.25) is 0 Å². The number of ether oxygens (including phenoxy) is 1. The zero-order valence-corrected chi connectivity index (χ0v) is 14.0. The van der Waals surface area contributed by atoms with E-state index in [1.807, 2.05) is 42.5 Å². The molecule has 0 bridgehead atoms. The summed E-state index contributed by atoms with van der Waals surface area (Å²) < 4.78 is 4.58. The third-order valence-electron chi connectivity index (χ3n) is 2.58. The van der Waals surface area contributed by atoms with Crippen LogP contribution in [0, 0.1) is 11.3 Å². The number of aliphatic carboxylic acids is 1. The Hall–Kier alpha value is -2.91. The molecule has 5 nitrogen and oxygen atoms in total. The molecule has 6 heteroatoms. The molecule has 0 aliphatic heterocycles. The monoisotopic (exact) mass is 342 g/mol. The van der Waals surface area contributed by atoms with Gasteiger partial charge in [0.1, 0.15) is 12.3 Å². The lowest BCUT2D eigenvalue weighted by Gasteiger charge is -2.01. The summed E-state index contributed by atoms with van der Waals surface area (Å²) in [6.07, 6.45) is 0.933. The van der Waals surface area contributed by atoms with Crippen LogP contribution < -0.4 is 5.73 Å². The van der Waals surface area contributed by atoms with Crippen LogP contribution in [0.3, 0.4) is 0 Å².